The number of anilines is 1. The first kappa shape index (κ1) is 21.9. The first-order valence-corrected chi connectivity index (χ1v) is 10.3. The Morgan fingerprint density at radius 1 is 1.14 bits per heavy atom. The summed E-state index contributed by atoms with van der Waals surface area (Å²) in [5, 5.41) is 9.21. The quantitative estimate of drug-likeness (QED) is 0.685. The molecule has 0 radical (unpaired) electrons. The van der Waals surface area contributed by atoms with Crippen molar-refractivity contribution in [2.45, 2.75) is 53.6 Å². The molecule has 1 aliphatic rings. The number of aliphatic hydroxyl groups excluding tert-OH is 1. The minimum Gasteiger partial charge on any atom is -0.392 e. The Labute approximate surface area is 169 Å². The third-order valence-electron chi connectivity index (χ3n) is 5.17. The van der Waals surface area contributed by atoms with Crippen LogP contribution in [0.4, 0.5) is 5.69 Å². The molecule has 0 aromatic heterocycles. The van der Waals surface area contributed by atoms with Crippen LogP contribution in [0.15, 0.2) is 60.7 Å². The number of fused-ring (bicyclic) bond motifs is 1. The molecule has 1 heterocycles. The van der Waals surface area contributed by atoms with Crippen LogP contribution in [0.25, 0.3) is 0 Å². The van der Waals surface area contributed by atoms with Gasteiger partial charge in [0.2, 0.25) is 0 Å². The summed E-state index contributed by atoms with van der Waals surface area (Å²) < 4.78 is 0. The maximum absolute atomic E-state index is 13.2. The molecule has 0 saturated carbocycles. The number of benzene rings is 2. The summed E-state index contributed by atoms with van der Waals surface area (Å²) in [5.74, 6) is 0.0191. The molecule has 3 rings (SSSR count). The van der Waals surface area contributed by atoms with E-state index in [1.807, 2.05) is 49.1 Å². The molecule has 0 saturated heterocycles. The fourth-order valence-corrected chi connectivity index (χ4v) is 3.60. The highest BCUT2D eigenvalue weighted by Gasteiger charge is 2.31. The van der Waals surface area contributed by atoms with Crippen molar-refractivity contribution in [2.75, 3.05) is 11.4 Å². The van der Waals surface area contributed by atoms with Gasteiger partial charge in [-0.25, -0.2) is 0 Å². The van der Waals surface area contributed by atoms with E-state index in [0.717, 1.165) is 30.5 Å². The number of hydrogen-bond donors (Lipinski definition) is 1. The maximum Gasteiger partial charge on any atom is 0.258 e. The maximum atomic E-state index is 13.2. The monoisotopic (exact) mass is 379 g/mol. The third kappa shape index (κ3) is 5.11. The highest BCUT2D eigenvalue weighted by Crippen LogP contribution is 2.37. The van der Waals surface area contributed by atoms with Crippen molar-refractivity contribution >= 4 is 11.6 Å². The van der Waals surface area contributed by atoms with Gasteiger partial charge in [-0.05, 0) is 54.0 Å². The summed E-state index contributed by atoms with van der Waals surface area (Å²) >= 11 is 0. The van der Waals surface area contributed by atoms with Crippen LogP contribution < -0.4 is 4.90 Å². The van der Waals surface area contributed by atoms with Gasteiger partial charge in [-0.15, -0.1) is 0 Å². The first-order valence-electron chi connectivity index (χ1n) is 10.3. The van der Waals surface area contributed by atoms with Gasteiger partial charge in [0, 0.05) is 17.8 Å². The van der Waals surface area contributed by atoms with Crippen LogP contribution >= 0.6 is 0 Å². The molecule has 2 aromatic carbocycles. The summed E-state index contributed by atoms with van der Waals surface area (Å²) in [4.78, 5) is 15.1. The van der Waals surface area contributed by atoms with E-state index >= 15 is 0 Å². The highest BCUT2D eigenvalue weighted by atomic mass is 16.3. The van der Waals surface area contributed by atoms with Gasteiger partial charge in [0.05, 0.1) is 6.61 Å². The van der Waals surface area contributed by atoms with Gasteiger partial charge < -0.3 is 10.0 Å². The molecule has 3 heteroatoms. The second kappa shape index (κ2) is 10.2. The van der Waals surface area contributed by atoms with E-state index in [9.17, 15) is 9.90 Å². The van der Waals surface area contributed by atoms with Gasteiger partial charge in [0.25, 0.3) is 5.91 Å². The van der Waals surface area contributed by atoms with Crippen molar-refractivity contribution in [1.29, 1.82) is 0 Å². The summed E-state index contributed by atoms with van der Waals surface area (Å²) in [6.45, 7) is 9.11. The molecule has 0 fully saturated rings. The Bertz CT molecular complexity index is 794. The Morgan fingerprint density at radius 3 is 2.46 bits per heavy atom. The van der Waals surface area contributed by atoms with E-state index in [2.05, 4.69) is 32.1 Å². The predicted molar refractivity (Wildman–Crippen MR) is 118 cm³/mol. The third-order valence-corrected chi connectivity index (χ3v) is 5.17. The average molecular weight is 380 g/mol. The number of hydrogen-bond acceptors (Lipinski definition) is 2. The lowest BCUT2D eigenvalue weighted by Crippen LogP contribution is -2.32. The molecular formula is C25H33NO2. The molecule has 2 aromatic rings. The zero-order valence-corrected chi connectivity index (χ0v) is 17.6. The number of nitrogens with zero attached hydrogens (tertiary/aromatic N) is 1. The van der Waals surface area contributed by atoms with E-state index in [4.69, 9.17) is 0 Å². The van der Waals surface area contributed by atoms with Crippen molar-refractivity contribution in [3.8, 4) is 0 Å². The van der Waals surface area contributed by atoms with Crippen LogP contribution in [0.2, 0.25) is 0 Å². The minimum absolute atomic E-state index is 0.0108. The molecule has 1 N–H and O–H groups in total. The molecule has 0 aliphatic carbocycles. The molecule has 1 unspecified atom stereocenters. The van der Waals surface area contributed by atoms with Gasteiger partial charge in [-0.3, -0.25) is 4.79 Å². The number of carbonyl (C=O) groups is 1. The van der Waals surface area contributed by atoms with E-state index in [0.29, 0.717) is 12.1 Å². The van der Waals surface area contributed by atoms with E-state index in [1.54, 1.807) is 12.1 Å². The normalized spacial score (nSPS) is 18.8. The number of allylic oxidation sites excluding steroid dienone is 2. The van der Waals surface area contributed by atoms with Crippen molar-refractivity contribution in [1.82, 2.24) is 0 Å². The predicted octanol–water partition coefficient (Wildman–Crippen LogP) is 5.77. The van der Waals surface area contributed by atoms with Crippen molar-refractivity contribution < 1.29 is 9.90 Å². The van der Waals surface area contributed by atoms with Gasteiger partial charge in [0.15, 0.2) is 0 Å². The smallest absolute Gasteiger partial charge is 0.258 e. The zero-order valence-electron chi connectivity index (χ0n) is 17.6. The van der Waals surface area contributed by atoms with Crippen molar-refractivity contribution in [3.05, 3.63) is 77.4 Å². The molecule has 0 bridgehead atoms. The second-order valence-electron chi connectivity index (χ2n) is 7.33. The molecule has 1 atom stereocenters. The number of amides is 1. The molecule has 150 valence electrons. The van der Waals surface area contributed by atoms with Crippen molar-refractivity contribution in [2.24, 2.45) is 5.41 Å². The summed E-state index contributed by atoms with van der Waals surface area (Å²) in [6, 6.07) is 15.5. The van der Waals surface area contributed by atoms with Gasteiger partial charge in [0.1, 0.15) is 0 Å². The fourth-order valence-electron chi connectivity index (χ4n) is 3.60. The molecule has 0 spiro atoms. The van der Waals surface area contributed by atoms with Crippen LogP contribution in [-0.4, -0.2) is 17.6 Å². The molecule has 3 nitrogen and oxygen atoms in total. The largest absolute Gasteiger partial charge is 0.392 e. The standard InChI is InChI=1S/C23H27NO2.C2H6/c1-3-4-13-23(2)14-15-24(21-8-6-5-7-20(21)16-23)22(26)19-11-9-18(17-25)10-12-19;1-2/h4-13,25H,3,14-17H2,1-2H3;1-2H3/b13-4-;. The Hall–Kier alpha value is -2.39. The zero-order chi connectivity index (χ0) is 20.6. The van der Waals surface area contributed by atoms with E-state index in [-0.39, 0.29) is 17.9 Å². The fraction of sp³-hybridized carbons (Fsp3) is 0.400. The van der Waals surface area contributed by atoms with Crippen molar-refractivity contribution in [3.63, 3.8) is 0 Å². The topological polar surface area (TPSA) is 40.5 Å². The van der Waals surface area contributed by atoms with Gasteiger partial charge >= 0.3 is 0 Å². The number of aliphatic hydroxyl groups is 1. The number of rotatable bonds is 4. The SMILES string of the molecule is CC.CC/C=C\C1(C)CCN(C(=O)c2ccc(CO)cc2)c2ccccc2C1. The minimum atomic E-state index is -0.0108. The molecule has 1 amide bonds. The van der Waals surface area contributed by atoms with Crippen LogP contribution in [0.5, 0.6) is 0 Å². The molecule has 28 heavy (non-hydrogen) atoms. The Morgan fingerprint density at radius 2 is 1.82 bits per heavy atom. The van der Waals surface area contributed by atoms with Crippen LogP contribution in [0, 0.1) is 5.41 Å². The summed E-state index contributed by atoms with van der Waals surface area (Å²) in [5.41, 5.74) is 3.76. The second-order valence-corrected chi connectivity index (χ2v) is 7.33. The molecular weight excluding hydrogens is 346 g/mol. The van der Waals surface area contributed by atoms with Crippen LogP contribution in [0.1, 0.15) is 62.0 Å². The lowest BCUT2D eigenvalue weighted by atomic mass is 9.81. The van der Waals surface area contributed by atoms with E-state index < -0.39 is 0 Å². The number of carbonyl (C=O) groups excluding carboxylic acids is 1. The van der Waals surface area contributed by atoms with Gasteiger partial charge in [-0.1, -0.05) is 70.2 Å². The first-order chi connectivity index (χ1) is 13.6. The van der Waals surface area contributed by atoms with E-state index in [1.165, 1.54) is 5.56 Å². The van der Waals surface area contributed by atoms with Crippen LogP contribution in [-0.2, 0) is 13.0 Å². The Kier molecular flexibility index (Phi) is 8.01. The average Bonchev–Trinajstić information content (AvgIpc) is 2.89. The lowest BCUT2D eigenvalue weighted by Gasteiger charge is -2.25. The highest BCUT2D eigenvalue weighted by molar-refractivity contribution is 6.06. The molecule has 1 aliphatic heterocycles. The van der Waals surface area contributed by atoms with Gasteiger partial charge in [-0.2, -0.15) is 0 Å². The summed E-state index contributed by atoms with van der Waals surface area (Å²) in [6.07, 6.45) is 7.43. The summed E-state index contributed by atoms with van der Waals surface area (Å²) in [7, 11) is 0. The van der Waals surface area contributed by atoms with Crippen LogP contribution in [0.3, 0.4) is 0 Å². The number of para-hydroxylation sites is 1. The lowest BCUT2D eigenvalue weighted by molar-refractivity contribution is 0.0985. The Balaban J connectivity index is 0.00000136.